The van der Waals surface area contributed by atoms with Crippen molar-refractivity contribution in [3.8, 4) is 11.5 Å². The first-order valence-corrected chi connectivity index (χ1v) is 9.93. The van der Waals surface area contributed by atoms with E-state index in [4.69, 9.17) is 14.2 Å². The van der Waals surface area contributed by atoms with E-state index in [1.807, 2.05) is 49.4 Å². The minimum absolute atomic E-state index is 0.234. The summed E-state index contributed by atoms with van der Waals surface area (Å²) in [7, 11) is 0. The SMILES string of the molecule is Cc1[nH]c2ccccc2c1C(=O)[C@@H](C)OC(=O)/C=C/c1ccc2c(c1)OCCCO2. The Kier molecular flexibility index (Phi) is 5.57. The van der Waals surface area contributed by atoms with Crippen molar-refractivity contribution in [1.29, 1.82) is 0 Å². The first-order valence-electron chi connectivity index (χ1n) is 9.93. The van der Waals surface area contributed by atoms with E-state index in [9.17, 15) is 9.59 Å². The molecule has 0 saturated heterocycles. The minimum Gasteiger partial charge on any atom is -0.490 e. The molecule has 2 heterocycles. The molecule has 3 aromatic rings. The normalized spacial score (nSPS) is 14.5. The highest BCUT2D eigenvalue weighted by molar-refractivity contribution is 6.11. The number of H-pyrrole nitrogens is 1. The summed E-state index contributed by atoms with van der Waals surface area (Å²) >= 11 is 0. The van der Waals surface area contributed by atoms with Gasteiger partial charge in [0.05, 0.1) is 13.2 Å². The number of esters is 1. The fraction of sp³-hybridized carbons (Fsp3) is 0.250. The zero-order chi connectivity index (χ0) is 21.1. The van der Waals surface area contributed by atoms with Gasteiger partial charge in [-0.25, -0.2) is 4.79 Å². The first kappa shape index (κ1) is 19.8. The fourth-order valence-electron chi connectivity index (χ4n) is 3.51. The number of ketones is 1. The number of hydrogen-bond donors (Lipinski definition) is 1. The van der Waals surface area contributed by atoms with Crippen molar-refractivity contribution in [1.82, 2.24) is 4.98 Å². The number of aryl methyl sites for hydroxylation is 1. The number of hydrogen-bond acceptors (Lipinski definition) is 5. The second-order valence-corrected chi connectivity index (χ2v) is 7.20. The molecule has 0 saturated carbocycles. The maximum absolute atomic E-state index is 12.9. The maximum Gasteiger partial charge on any atom is 0.331 e. The van der Waals surface area contributed by atoms with Crippen molar-refractivity contribution in [3.63, 3.8) is 0 Å². The van der Waals surface area contributed by atoms with Crippen LogP contribution in [0.4, 0.5) is 0 Å². The molecule has 0 amide bonds. The fourth-order valence-corrected chi connectivity index (χ4v) is 3.51. The van der Waals surface area contributed by atoms with Crippen LogP contribution in [0.5, 0.6) is 11.5 Å². The zero-order valence-electron chi connectivity index (χ0n) is 16.9. The minimum atomic E-state index is -0.899. The van der Waals surface area contributed by atoms with E-state index >= 15 is 0 Å². The van der Waals surface area contributed by atoms with Gasteiger partial charge in [-0.3, -0.25) is 4.79 Å². The Labute approximate surface area is 174 Å². The largest absolute Gasteiger partial charge is 0.490 e. The highest BCUT2D eigenvalue weighted by atomic mass is 16.5. The van der Waals surface area contributed by atoms with Crippen molar-refractivity contribution >= 4 is 28.7 Å². The van der Waals surface area contributed by atoms with Crippen LogP contribution in [0.3, 0.4) is 0 Å². The van der Waals surface area contributed by atoms with Crippen molar-refractivity contribution in [3.05, 3.63) is 65.4 Å². The lowest BCUT2D eigenvalue weighted by atomic mass is 10.0. The lowest BCUT2D eigenvalue weighted by molar-refractivity contribution is -0.140. The molecule has 154 valence electrons. The lowest BCUT2D eigenvalue weighted by Crippen LogP contribution is -2.24. The average Bonchev–Trinajstić information content (AvgIpc) is 2.91. The number of aromatic amines is 1. The number of aromatic nitrogens is 1. The molecule has 0 fully saturated rings. The molecule has 1 N–H and O–H groups in total. The smallest absolute Gasteiger partial charge is 0.331 e. The third-order valence-corrected chi connectivity index (χ3v) is 4.99. The molecule has 0 bridgehead atoms. The van der Waals surface area contributed by atoms with Crippen LogP contribution in [0.25, 0.3) is 17.0 Å². The summed E-state index contributed by atoms with van der Waals surface area (Å²) in [4.78, 5) is 28.4. The Morgan fingerprint density at radius 1 is 1.10 bits per heavy atom. The highest BCUT2D eigenvalue weighted by Gasteiger charge is 2.23. The van der Waals surface area contributed by atoms with Gasteiger partial charge >= 0.3 is 5.97 Å². The molecular formula is C24H23NO5. The Balaban J connectivity index is 1.44. The Morgan fingerprint density at radius 3 is 2.70 bits per heavy atom. The van der Waals surface area contributed by atoms with Crippen molar-refractivity contribution in [2.24, 2.45) is 0 Å². The van der Waals surface area contributed by atoms with Crippen LogP contribution in [-0.4, -0.2) is 36.1 Å². The lowest BCUT2D eigenvalue weighted by Gasteiger charge is -2.11. The molecule has 0 unspecified atom stereocenters. The van der Waals surface area contributed by atoms with Gasteiger partial charge in [0.2, 0.25) is 5.78 Å². The van der Waals surface area contributed by atoms with Crippen LogP contribution < -0.4 is 9.47 Å². The average molecular weight is 405 g/mol. The van der Waals surface area contributed by atoms with Crippen molar-refractivity contribution in [2.45, 2.75) is 26.4 Å². The number of fused-ring (bicyclic) bond motifs is 2. The van der Waals surface area contributed by atoms with Crippen LogP contribution in [0.1, 0.15) is 35.0 Å². The van der Waals surface area contributed by atoms with Gasteiger partial charge in [0.25, 0.3) is 0 Å². The zero-order valence-corrected chi connectivity index (χ0v) is 16.9. The van der Waals surface area contributed by atoms with Crippen LogP contribution in [0, 0.1) is 6.92 Å². The van der Waals surface area contributed by atoms with E-state index < -0.39 is 12.1 Å². The standard InChI is InChI=1S/C24H23NO5/c1-15-23(18-6-3-4-7-19(18)25-15)24(27)16(2)30-22(26)11-9-17-8-10-20-21(14-17)29-13-5-12-28-20/h3-4,6-11,14,16,25H,5,12-13H2,1-2H3/b11-9+/t16-/m1/s1. The third kappa shape index (κ3) is 4.08. The molecular weight excluding hydrogens is 382 g/mol. The van der Waals surface area contributed by atoms with E-state index in [1.54, 1.807) is 13.0 Å². The number of carbonyl (C=O) groups excluding carboxylic acids is 2. The Morgan fingerprint density at radius 2 is 1.87 bits per heavy atom. The number of Topliss-reactive ketones (excluding diaryl/α,β-unsaturated/α-hetero) is 1. The number of benzene rings is 2. The van der Waals surface area contributed by atoms with Crippen LogP contribution in [0.2, 0.25) is 0 Å². The van der Waals surface area contributed by atoms with Gasteiger partial charge in [0.15, 0.2) is 17.6 Å². The van der Waals surface area contributed by atoms with Crippen LogP contribution in [-0.2, 0) is 9.53 Å². The molecule has 1 aromatic heterocycles. The molecule has 30 heavy (non-hydrogen) atoms. The van der Waals surface area contributed by atoms with E-state index in [0.717, 1.165) is 28.6 Å². The molecule has 6 nitrogen and oxygen atoms in total. The van der Waals surface area contributed by atoms with Gasteiger partial charge in [-0.05, 0) is 43.7 Å². The second-order valence-electron chi connectivity index (χ2n) is 7.20. The van der Waals surface area contributed by atoms with Crippen molar-refractivity contribution in [2.75, 3.05) is 13.2 Å². The molecule has 1 atom stereocenters. The monoisotopic (exact) mass is 405 g/mol. The van der Waals surface area contributed by atoms with E-state index in [2.05, 4.69) is 4.98 Å². The molecule has 0 spiro atoms. The van der Waals surface area contributed by atoms with Crippen LogP contribution >= 0.6 is 0 Å². The van der Waals surface area contributed by atoms with E-state index in [-0.39, 0.29) is 5.78 Å². The van der Waals surface area contributed by atoms with Gasteiger partial charge in [0.1, 0.15) is 0 Å². The molecule has 6 heteroatoms. The Bertz CT molecular complexity index is 1130. The van der Waals surface area contributed by atoms with Gasteiger partial charge in [-0.15, -0.1) is 0 Å². The summed E-state index contributed by atoms with van der Waals surface area (Å²) < 4.78 is 16.6. The van der Waals surface area contributed by atoms with Gasteiger partial charge in [-0.1, -0.05) is 24.3 Å². The summed E-state index contributed by atoms with van der Waals surface area (Å²) in [5.41, 5.74) is 2.97. The molecule has 1 aliphatic heterocycles. The summed E-state index contributed by atoms with van der Waals surface area (Å²) in [6.07, 6.45) is 2.87. The summed E-state index contributed by atoms with van der Waals surface area (Å²) in [6, 6.07) is 13.0. The predicted molar refractivity (Wildman–Crippen MR) is 114 cm³/mol. The first-order chi connectivity index (χ1) is 14.5. The maximum atomic E-state index is 12.9. The Hall–Kier alpha value is -3.54. The molecule has 2 aromatic carbocycles. The summed E-state index contributed by atoms with van der Waals surface area (Å²) in [5.74, 6) is 0.532. The van der Waals surface area contributed by atoms with Crippen LogP contribution in [0.15, 0.2) is 48.5 Å². The number of rotatable bonds is 5. The van der Waals surface area contributed by atoms with Crippen molar-refractivity contribution < 1.29 is 23.8 Å². The second kappa shape index (κ2) is 8.45. The summed E-state index contributed by atoms with van der Waals surface area (Å²) in [6.45, 7) is 4.64. The van der Waals surface area contributed by atoms with E-state index in [0.29, 0.717) is 30.3 Å². The molecule has 0 radical (unpaired) electrons. The van der Waals surface area contributed by atoms with Gasteiger partial charge in [0, 0.05) is 34.7 Å². The third-order valence-electron chi connectivity index (χ3n) is 4.99. The molecule has 0 aliphatic carbocycles. The number of carbonyl (C=O) groups is 2. The number of ether oxygens (including phenoxy) is 3. The topological polar surface area (TPSA) is 77.6 Å². The van der Waals surface area contributed by atoms with Gasteiger partial charge < -0.3 is 19.2 Å². The molecule has 4 rings (SSSR count). The summed E-state index contributed by atoms with van der Waals surface area (Å²) in [5, 5.41) is 0.825. The van der Waals surface area contributed by atoms with Gasteiger partial charge in [-0.2, -0.15) is 0 Å². The quantitative estimate of drug-likeness (QED) is 0.385. The number of nitrogens with one attached hydrogen (secondary N) is 1. The molecule has 1 aliphatic rings. The van der Waals surface area contributed by atoms with E-state index in [1.165, 1.54) is 6.08 Å². The highest BCUT2D eigenvalue weighted by Crippen LogP contribution is 2.30. The number of para-hydroxylation sites is 1. The predicted octanol–water partition coefficient (Wildman–Crippen LogP) is 4.47.